The average Bonchev–Trinajstić information content (AvgIpc) is 3.53. The molecule has 0 spiro atoms. The normalized spacial score (nSPS) is 11.1. The molecule has 1 amide bonds. The number of imidazole rings is 1. The van der Waals surface area contributed by atoms with Crippen LogP contribution < -0.4 is 5.32 Å². The Morgan fingerprint density at radius 3 is 2.62 bits per heavy atom. The summed E-state index contributed by atoms with van der Waals surface area (Å²) < 4.78 is 3.37. The fourth-order valence-corrected chi connectivity index (χ4v) is 4.43. The van der Waals surface area contributed by atoms with Crippen LogP contribution in [0.4, 0.5) is 5.82 Å². The SMILES string of the molecule is Cc1cc(-n2ncc(C#N)c2NC(=O)c2ccn3cc(-c4ccccc4)nc3c2)nc2c(C)cccc12. The van der Waals surface area contributed by atoms with Gasteiger partial charge in [-0.25, -0.2) is 9.97 Å². The molecule has 2 aromatic carbocycles. The van der Waals surface area contributed by atoms with Gasteiger partial charge >= 0.3 is 0 Å². The Morgan fingerprint density at radius 1 is 0.973 bits per heavy atom. The summed E-state index contributed by atoms with van der Waals surface area (Å²) in [6.45, 7) is 4.00. The molecule has 0 atom stereocenters. The van der Waals surface area contributed by atoms with E-state index < -0.39 is 0 Å². The van der Waals surface area contributed by atoms with Crippen LogP contribution >= 0.6 is 0 Å². The number of benzene rings is 2. The molecule has 0 aliphatic carbocycles. The lowest BCUT2D eigenvalue weighted by Gasteiger charge is -2.12. The van der Waals surface area contributed by atoms with Crippen molar-refractivity contribution in [2.45, 2.75) is 13.8 Å². The van der Waals surface area contributed by atoms with Gasteiger partial charge in [0.1, 0.15) is 17.3 Å². The summed E-state index contributed by atoms with van der Waals surface area (Å²) in [4.78, 5) is 22.8. The zero-order valence-electron chi connectivity index (χ0n) is 20.2. The van der Waals surface area contributed by atoms with Crippen LogP contribution in [-0.2, 0) is 0 Å². The molecule has 178 valence electrons. The van der Waals surface area contributed by atoms with Gasteiger partial charge in [0.15, 0.2) is 11.6 Å². The summed E-state index contributed by atoms with van der Waals surface area (Å²) in [7, 11) is 0. The highest BCUT2D eigenvalue weighted by Gasteiger charge is 2.19. The first-order valence-corrected chi connectivity index (χ1v) is 11.7. The summed E-state index contributed by atoms with van der Waals surface area (Å²) in [6, 6.07) is 23.3. The molecule has 0 bridgehead atoms. The summed E-state index contributed by atoms with van der Waals surface area (Å²) >= 11 is 0. The van der Waals surface area contributed by atoms with E-state index in [1.54, 1.807) is 18.3 Å². The van der Waals surface area contributed by atoms with Crippen molar-refractivity contribution >= 4 is 28.3 Å². The highest BCUT2D eigenvalue weighted by molar-refractivity contribution is 6.05. The molecule has 0 unspecified atom stereocenters. The Hall–Kier alpha value is -5.29. The standard InChI is InChI=1S/C29H21N7O/c1-18-7-6-10-23-19(2)13-26(33-27(18)23)36-28(22(15-30)16-31-36)34-29(37)21-11-12-35-17-24(32-25(35)14-21)20-8-4-3-5-9-20/h3-14,16-17H,1-2H3,(H,34,37). The van der Waals surface area contributed by atoms with Gasteiger partial charge in [-0.3, -0.25) is 4.79 Å². The number of hydrogen-bond acceptors (Lipinski definition) is 5. The van der Waals surface area contributed by atoms with E-state index in [0.29, 0.717) is 17.0 Å². The summed E-state index contributed by atoms with van der Waals surface area (Å²) in [5.74, 6) is 0.409. The van der Waals surface area contributed by atoms with Crippen molar-refractivity contribution in [1.29, 1.82) is 5.26 Å². The lowest BCUT2D eigenvalue weighted by molar-refractivity contribution is 0.102. The number of carbonyl (C=O) groups is 1. The number of aromatic nitrogens is 5. The van der Waals surface area contributed by atoms with Crippen molar-refractivity contribution in [3.05, 3.63) is 108 Å². The Balaban J connectivity index is 1.37. The third-order valence-electron chi connectivity index (χ3n) is 6.37. The van der Waals surface area contributed by atoms with Crippen molar-refractivity contribution in [3.63, 3.8) is 0 Å². The highest BCUT2D eigenvalue weighted by Crippen LogP contribution is 2.26. The third-order valence-corrected chi connectivity index (χ3v) is 6.37. The molecular weight excluding hydrogens is 462 g/mol. The van der Waals surface area contributed by atoms with E-state index in [2.05, 4.69) is 21.5 Å². The van der Waals surface area contributed by atoms with E-state index >= 15 is 0 Å². The fourth-order valence-electron chi connectivity index (χ4n) is 4.43. The van der Waals surface area contributed by atoms with Crippen LogP contribution in [0.3, 0.4) is 0 Å². The van der Waals surface area contributed by atoms with E-state index in [0.717, 1.165) is 33.3 Å². The minimum Gasteiger partial charge on any atom is -0.306 e. The minimum atomic E-state index is -0.376. The lowest BCUT2D eigenvalue weighted by Crippen LogP contribution is -2.17. The first-order valence-electron chi connectivity index (χ1n) is 11.7. The molecule has 4 heterocycles. The van der Waals surface area contributed by atoms with Crippen LogP contribution in [0, 0.1) is 25.2 Å². The number of nitriles is 1. The second-order valence-electron chi connectivity index (χ2n) is 8.83. The molecule has 8 nitrogen and oxygen atoms in total. The molecular formula is C29H21N7O. The van der Waals surface area contributed by atoms with E-state index in [1.165, 1.54) is 10.9 Å². The molecule has 1 N–H and O–H groups in total. The largest absolute Gasteiger partial charge is 0.306 e. The topological polar surface area (TPSA) is 101 Å². The smallest absolute Gasteiger partial charge is 0.257 e. The molecule has 0 saturated heterocycles. The van der Waals surface area contributed by atoms with Gasteiger partial charge in [0.25, 0.3) is 5.91 Å². The van der Waals surface area contributed by atoms with Crippen molar-refractivity contribution in [1.82, 2.24) is 24.1 Å². The van der Waals surface area contributed by atoms with Gasteiger partial charge in [0.2, 0.25) is 0 Å². The maximum Gasteiger partial charge on any atom is 0.257 e. The van der Waals surface area contributed by atoms with Gasteiger partial charge in [0.05, 0.1) is 17.4 Å². The lowest BCUT2D eigenvalue weighted by atomic mass is 10.1. The second kappa shape index (κ2) is 8.73. The number of nitrogens with one attached hydrogen (secondary N) is 1. The van der Waals surface area contributed by atoms with Gasteiger partial charge in [0, 0.05) is 28.9 Å². The second-order valence-corrected chi connectivity index (χ2v) is 8.83. The molecule has 0 fully saturated rings. The number of anilines is 1. The van der Waals surface area contributed by atoms with Crippen LogP contribution in [0.1, 0.15) is 27.0 Å². The fraction of sp³-hybridized carbons (Fsp3) is 0.0690. The van der Waals surface area contributed by atoms with Crippen LogP contribution in [0.25, 0.3) is 33.6 Å². The number of aryl methyl sites for hydroxylation is 2. The number of hydrogen-bond donors (Lipinski definition) is 1. The van der Waals surface area contributed by atoms with Crippen molar-refractivity contribution in [2.24, 2.45) is 0 Å². The zero-order chi connectivity index (χ0) is 25.5. The van der Waals surface area contributed by atoms with Crippen molar-refractivity contribution in [3.8, 4) is 23.1 Å². The van der Waals surface area contributed by atoms with E-state index in [-0.39, 0.29) is 17.3 Å². The number of amides is 1. The molecule has 6 rings (SSSR count). The number of carbonyl (C=O) groups excluding carboxylic acids is 1. The van der Waals surface area contributed by atoms with Crippen LogP contribution in [0.2, 0.25) is 0 Å². The van der Waals surface area contributed by atoms with E-state index in [4.69, 9.17) is 4.98 Å². The maximum atomic E-state index is 13.3. The number of pyridine rings is 2. The van der Waals surface area contributed by atoms with Gasteiger partial charge in [-0.1, -0.05) is 48.5 Å². The Labute approximate surface area is 212 Å². The maximum absolute atomic E-state index is 13.3. The average molecular weight is 484 g/mol. The van der Waals surface area contributed by atoms with Crippen LogP contribution in [-0.4, -0.2) is 30.1 Å². The van der Waals surface area contributed by atoms with Crippen molar-refractivity contribution in [2.75, 3.05) is 5.32 Å². The quantitative estimate of drug-likeness (QED) is 0.358. The van der Waals surface area contributed by atoms with Gasteiger partial charge < -0.3 is 9.72 Å². The van der Waals surface area contributed by atoms with Crippen LogP contribution in [0.15, 0.2) is 85.3 Å². The predicted molar refractivity (Wildman–Crippen MR) is 142 cm³/mol. The third kappa shape index (κ3) is 3.89. The van der Waals surface area contributed by atoms with Crippen LogP contribution in [0.5, 0.6) is 0 Å². The van der Waals surface area contributed by atoms with E-state index in [1.807, 2.05) is 79.0 Å². The Bertz CT molecular complexity index is 1860. The molecule has 37 heavy (non-hydrogen) atoms. The minimum absolute atomic E-state index is 0.242. The number of rotatable bonds is 4. The number of para-hydroxylation sites is 1. The van der Waals surface area contributed by atoms with Crippen molar-refractivity contribution < 1.29 is 4.79 Å². The zero-order valence-corrected chi connectivity index (χ0v) is 20.2. The number of fused-ring (bicyclic) bond motifs is 2. The van der Waals surface area contributed by atoms with E-state index in [9.17, 15) is 10.1 Å². The number of nitrogens with zero attached hydrogens (tertiary/aromatic N) is 6. The molecule has 0 radical (unpaired) electrons. The Morgan fingerprint density at radius 2 is 1.81 bits per heavy atom. The molecule has 6 aromatic rings. The predicted octanol–water partition coefficient (Wildman–Crippen LogP) is 5.48. The summed E-state index contributed by atoms with van der Waals surface area (Å²) in [5, 5.41) is 18.0. The van der Waals surface area contributed by atoms with Gasteiger partial charge in [-0.2, -0.15) is 15.0 Å². The first kappa shape index (κ1) is 22.2. The molecule has 4 aromatic heterocycles. The molecule has 0 aliphatic heterocycles. The summed E-state index contributed by atoms with van der Waals surface area (Å²) in [6.07, 6.45) is 5.15. The summed E-state index contributed by atoms with van der Waals surface area (Å²) in [5.41, 5.74) is 6.01. The van der Waals surface area contributed by atoms with Gasteiger partial charge in [-0.05, 0) is 43.2 Å². The highest BCUT2D eigenvalue weighted by atomic mass is 16.1. The Kier molecular flexibility index (Phi) is 5.24. The molecule has 0 saturated carbocycles. The monoisotopic (exact) mass is 483 g/mol. The first-order chi connectivity index (χ1) is 18.0. The van der Waals surface area contributed by atoms with Gasteiger partial charge in [-0.15, -0.1) is 0 Å². The molecule has 0 aliphatic rings. The molecule has 8 heteroatoms.